The normalized spacial score (nSPS) is 28.0. The topological polar surface area (TPSA) is 69.9 Å². The molecule has 0 radical (unpaired) electrons. The van der Waals surface area contributed by atoms with Crippen LogP contribution in [0.1, 0.15) is 66.2 Å². The van der Waals surface area contributed by atoms with Gasteiger partial charge in [0, 0.05) is 0 Å². The Morgan fingerprint density at radius 1 is 1.48 bits per heavy atom. The summed E-state index contributed by atoms with van der Waals surface area (Å²) in [5, 5.41) is 30.6. The van der Waals surface area contributed by atoms with Crippen molar-refractivity contribution in [3.05, 3.63) is 41.7 Å². The molecule has 1 aliphatic rings. The van der Waals surface area contributed by atoms with Gasteiger partial charge in [0.05, 0.1) is 30.5 Å². The minimum absolute atomic E-state index is 0.00407. The molecule has 0 aliphatic carbocycles. The average Bonchev–Trinajstić information content (AvgIpc) is 2.74. The van der Waals surface area contributed by atoms with E-state index in [4.69, 9.17) is 9.84 Å². The SMILES string of the molecule is C=C=CC(O)(CC=C(C)C)C(C)CCC[C@]1(C)OCC(=CCO)CC[C@H]1O. The van der Waals surface area contributed by atoms with E-state index in [1.165, 1.54) is 5.57 Å². The summed E-state index contributed by atoms with van der Waals surface area (Å²) in [6.07, 6.45) is 9.27. The minimum Gasteiger partial charge on any atom is -0.392 e. The van der Waals surface area contributed by atoms with Gasteiger partial charge in [0.25, 0.3) is 0 Å². The molecule has 0 aromatic heterocycles. The summed E-state index contributed by atoms with van der Waals surface area (Å²) in [5.74, 6) is 0.0405. The van der Waals surface area contributed by atoms with Crippen LogP contribution in [0.4, 0.5) is 0 Å². The summed E-state index contributed by atoms with van der Waals surface area (Å²) in [7, 11) is 0. The van der Waals surface area contributed by atoms with Crippen LogP contribution in [0.5, 0.6) is 0 Å². The van der Waals surface area contributed by atoms with Crippen molar-refractivity contribution < 1.29 is 20.1 Å². The Bertz CT molecular complexity index is 569. The third kappa shape index (κ3) is 7.40. The number of ether oxygens (including phenoxy) is 1. The smallest absolute Gasteiger partial charge is 0.0960 e. The first-order valence-corrected chi connectivity index (χ1v) is 10.0. The molecule has 1 saturated heterocycles. The lowest BCUT2D eigenvalue weighted by Gasteiger charge is -2.34. The van der Waals surface area contributed by atoms with Gasteiger partial charge in [-0.05, 0) is 70.4 Å². The highest BCUT2D eigenvalue weighted by Crippen LogP contribution is 2.34. The average molecular weight is 379 g/mol. The van der Waals surface area contributed by atoms with Gasteiger partial charge in [-0.15, -0.1) is 5.73 Å². The van der Waals surface area contributed by atoms with Crippen molar-refractivity contribution in [2.75, 3.05) is 13.2 Å². The maximum atomic E-state index is 11.0. The molecule has 3 N–H and O–H groups in total. The summed E-state index contributed by atoms with van der Waals surface area (Å²) in [6, 6.07) is 0. The molecule has 0 bridgehead atoms. The maximum Gasteiger partial charge on any atom is 0.0960 e. The Morgan fingerprint density at radius 3 is 2.78 bits per heavy atom. The molecule has 27 heavy (non-hydrogen) atoms. The zero-order valence-corrected chi connectivity index (χ0v) is 17.5. The van der Waals surface area contributed by atoms with Gasteiger partial charge in [-0.2, -0.15) is 0 Å². The molecule has 0 aromatic carbocycles. The first-order chi connectivity index (χ1) is 12.7. The fourth-order valence-electron chi connectivity index (χ4n) is 3.54. The van der Waals surface area contributed by atoms with Gasteiger partial charge >= 0.3 is 0 Å². The Kier molecular flexibility index (Phi) is 9.72. The van der Waals surface area contributed by atoms with Gasteiger partial charge < -0.3 is 20.1 Å². The van der Waals surface area contributed by atoms with E-state index in [0.717, 1.165) is 31.3 Å². The summed E-state index contributed by atoms with van der Waals surface area (Å²) < 4.78 is 6.03. The molecule has 4 heteroatoms. The van der Waals surface area contributed by atoms with Crippen molar-refractivity contribution >= 4 is 0 Å². The zero-order valence-electron chi connectivity index (χ0n) is 17.5. The third-order valence-corrected chi connectivity index (χ3v) is 5.76. The van der Waals surface area contributed by atoms with E-state index in [1.807, 2.05) is 33.8 Å². The molecule has 0 aromatic rings. The van der Waals surface area contributed by atoms with Crippen molar-refractivity contribution in [1.29, 1.82) is 0 Å². The summed E-state index contributed by atoms with van der Waals surface area (Å²) >= 11 is 0. The van der Waals surface area contributed by atoms with E-state index in [0.29, 0.717) is 19.4 Å². The molecule has 1 fully saturated rings. The molecule has 1 rings (SSSR count). The standard InChI is InChI=1S/C23H38O4/c1-6-13-23(26,15-11-18(2)3)19(4)8-7-14-22(5)21(25)10-9-20(12-16-24)17-27-22/h11-13,19,21,24-26H,1,7-10,14-17H2,2-5H3/t19?,21-,22+,23?/m1/s1. The van der Waals surface area contributed by atoms with Crippen molar-refractivity contribution in [1.82, 2.24) is 0 Å². The van der Waals surface area contributed by atoms with Crippen molar-refractivity contribution in [3.63, 3.8) is 0 Å². The Morgan fingerprint density at radius 2 is 2.19 bits per heavy atom. The number of allylic oxidation sites excluding steroid dienone is 1. The third-order valence-electron chi connectivity index (χ3n) is 5.76. The second kappa shape index (κ2) is 11.0. The van der Waals surface area contributed by atoms with E-state index in [1.54, 1.807) is 12.2 Å². The monoisotopic (exact) mass is 378 g/mol. The largest absolute Gasteiger partial charge is 0.392 e. The van der Waals surface area contributed by atoms with Crippen molar-refractivity contribution in [2.45, 2.75) is 83.5 Å². The van der Waals surface area contributed by atoms with Crippen LogP contribution in [0.2, 0.25) is 0 Å². The second-order valence-corrected chi connectivity index (χ2v) is 8.32. The van der Waals surface area contributed by atoms with Crippen LogP contribution in [-0.2, 0) is 4.74 Å². The molecule has 0 amide bonds. The van der Waals surface area contributed by atoms with Crippen LogP contribution < -0.4 is 0 Å². The fourth-order valence-corrected chi connectivity index (χ4v) is 3.54. The second-order valence-electron chi connectivity index (χ2n) is 8.32. The first-order valence-electron chi connectivity index (χ1n) is 10.0. The molecule has 4 atom stereocenters. The van der Waals surface area contributed by atoms with Crippen LogP contribution in [-0.4, -0.2) is 45.8 Å². The van der Waals surface area contributed by atoms with Gasteiger partial charge in [0.15, 0.2) is 0 Å². The summed E-state index contributed by atoms with van der Waals surface area (Å²) in [5.41, 5.74) is 3.40. The highest BCUT2D eigenvalue weighted by molar-refractivity contribution is 5.09. The lowest BCUT2D eigenvalue weighted by atomic mass is 9.80. The molecule has 154 valence electrons. The van der Waals surface area contributed by atoms with Crippen LogP contribution >= 0.6 is 0 Å². The lowest BCUT2D eigenvalue weighted by molar-refractivity contribution is -0.105. The van der Waals surface area contributed by atoms with E-state index < -0.39 is 17.3 Å². The summed E-state index contributed by atoms with van der Waals surface area (Å²) in [6.45, 7) is 12.1. The highest BCUT2D eigenvalue weighted by atomic mass is 16.5. The predicted molar refractivity (Wildman–Crippen MR) is 110 cm³/mol. The van der Waals surface area contributed by atoms with Gasteiger partial charge in [0.2, 0.25) is 0 Å². The van der Waals surface area contributed by atoms with Crippen LogP contribution in [0.3, 0.4) is 0 Å². The first kappa shape index (κ1) is 23.9. The van der Waals surface area contributed by atoms with E-state index in [-0.39, 0.29) is 12.5 Å². The van der Waals surface area contributed by atoms with Gasteiger partial charge in [-0.1, -0.05) is 37.6 Å². The molecular formula is C23H38O4. The van der Waals surface area contributed by atoms with Crippen molar-refractivity contribution in [2.24, 2.45) is 5.92 Å². The Labute approximate surface area is 164 Å². The molecular weight excluding hydrogens is 340 g/mol. The fraction of sp³-hybridized carbons (Fsp3) is 0.696. The molecule has 1 aliphatic heterocycles. The van der Waals surface area contributed by atoms with Crippen LogP contribution in [0.25, 0.3) is 0 Å². The zero-order chi connectivity index (χ0) is 20.5. The molecule has 0 saturated carbocycles. The summed E-state index contributed by atoms with van der Waals surface area (Å²) in [4.78, 5) is 0. The molecule has 4 nitrogen and oxygen atoms in total. The molecule has 1 heterocycles. The highest BCUT2D eigenvalue weighted by Gasteiger charge is 2.37. The van der Waals surface area contributed by atoms with E-state index in [9.17, 15) is 10.2 Å². The van der Waals surface area contributed by atoms with Gasteiger partial charge in [-0.3, -0.25) is 0 Å². The predicted octanol–water partition coefficient (Wildman–Crippen LogP) is 4.07. The maximum absolute atomic E-state index is 11.0. The lowest BCUT2D eigenvalue weighted by Crippen LogP contribution is -2.41. The number of rotatable bonds is 9. The van der Waals surface area contributed by atoms with E-state index in [2.05, 4.69) is 12.3 Å². The minimum atomic E-state index is -0.958. The quantitative estimate of drug-likeness (QED) is 0.418. The number of hydrogen-bond donors (Lipinski definition) is 3. The van der Waals surface area contributed by atoms with E-state index >= 15 is 0 Å². The van der Waals surface area contributed by atoms with Crippen molar-refractivity contribution in [3.8, 4) is 0 Å². The van der Waals surface area contributed by atoms with Crippen LogP contribution in [0.15, 0.2) is 41.7 Å². The Balaban J connectivity index is 2.69. The van der Waals surface area contributed by atoms with Crippen LogP contribution in [0, 0.1) is 5.92 Å². The Hall–Kier alpha value is -1.16. The van der Waals surface area contributed by atoms with Gasteiger partial charge in [-0.25, -0.2) is 0 Å². The number of aliphatic hydroxyl groups excluding tert-OH is 2. The molecule has 0 spiro atoms. The number of aliphatic hydroxyl groups is 3. The number of hydrogen-bond acceptors (Lipinski definition) is 4. The van der Waals surface area contributed by atoms with Gasteiger partial charge in [0.1, 0.15) is 0 Å². The molecule has 2 unspecified atom stereocenters.